The molecule has 1 aromatic heterocycles. The van der Waals surface area contributed by atoms with Gasteiger partial charge in [0.05, 0.1) is 19.4 Å². The van der Waals surface area contributed by atoms with Crippen molar-refractivity contribution in [3.8, 4) is 10.6 Å². The molecule has 0 radical (unpaired) electrons. The SMILES string of the molecule is O=C(NC1CC1)c1ccc(-c2ncc(C(=O)NCCN3CCOCC3)s2)cc1. The number of morpholine rings is 1. The summed E-state index contributed by atoms with van der Waals surface area (Å²) in [7, 11) is 0. The summed E-state index contributed by atoms with van der Waals surface area (Å²) in [6.45, 7) is 4.77. The first kappa shape index (κ1) is 19.0. The summed E-state index contributed by atoms with van der Waals surface area (Å²) >= 11 is 1.36. The molecule has 0 atom stereocenters. The van der Waals surface area contributed by atoms with Crippen LogP contribution in [0.3, 0.4) is 0 Å². The number of amides is 2. The van der Waals surface area contributed by atoms with Crippen LogP contribution in [-0.4, -0.2) is 67.1 Å². The zero-order valence-corrected chi connectivity index (χ0v) is 16.5. The van der Waals surface area contributed by atoms with Gasteiger partial charge >= 0.3 is 0 Å². The van der Waals surface area contributed by atoms with Gasteiger partial charge in [0, 0.05) is 43.3 Å². The van der Waals surface area contributed by atoms with Crippen molar-refractivity contribution in [2.24, 2.45) is 0 Å². The van der Waals surface area contributed by atoms with E-state index >= 15 is 0 Å². The summed E-state index contributed by atoms with van der Waals surface area (Å²) in [5.41, 5.74) is 1.55. The van der Waals surface area contributed by atoms with Crippen molar-refractivity contribution in [2.45, 2.75) is 18.9 Å². The van der Waals surface area contributed by atoms with E-state index in [1.54, 1.807) is 18.3 Å². The van der Waals surface area contributed by atoms with Crippen molar-refractivity contribution in [3.05, 3.63) is 40.9 Å². The highest BCUT2D eigenvalue weighted by Gasteiger charge is 2.23. The highest BCUT2D eigenvalue weighted by molar-refractivity contribution is 7.16. The lowest BCUT2D eigenvalue weighted by molar-refractivity contribution is 0.0383. The van der Waals surface area contributed by atoms with Crippen LogP contribution in [0, 0.1) is 0 Å². The maximum Gasteiger partial charge on any atom is 0.263 e. The number of benzene rings is 1. The normalized spacial score (nSPS) is 17.3. The van der Waals surface area contributed by atoms with Crippen LogP contribution >= 0.6 is 11.3 Å². The van der Waals surface area contributed by atoms with Gasteiger partial charge in [-0.05, 0) is 25.0 Å². The molecule has 1 aliphatic heterocycles. The monoisotopic (exact) mass is 400 g/mol. The van der Waals surface area contributed by atoms with E-state index in [0.717, 1.165) is 56.3 Å². The van der Waals surface area contributed by atoms with E-state index < -0.39 is 0 Å². The number of aromatic nitrogens is 1. The van der Waals surface area contributed by atoms with Crippen LogP contribution in [0.5, 0.6) is 0 Å². The molecular formula is C20H24N4O3S. The van der Waals surface area contributed by atoms with E-state index in [1.807, 2.05) is 12.1 Å². The third kappa shape index (κ3) is 4.95. The van der Waals surface area contributed by atoms with Crippen molar-refractivity contribution in [2.75, 3.05) is 39.4 Å². The first-order chi connectivity index (χ1) is 13.7. The third-order valence-electron chi connectivity index (χ3n) is 4.85. The Bertz CT molecular complexity index is 826. The van der Waals surface area contributed by atoms with Gasteiger partial charge in [-0.2, -0.15) is 0 Å². The Hall–Kier alpha value is -2.29. The van der Waals surface area contributed by atoms with E-state index in [2.05, 4.69) is 20.5 Å². The van der Waals surface area contributed by atoms with Gasteiger partial charge in [-0.15, -0.1) is 11.3 Å². The molecule has 2 fully saturated rings. The second-order valence-corrected chi connectivity index (χ2v) is 8.10. The largest absolute Gasteiger partial charge is 0.379 e. The molecule has 148 valence electrons. The third-order valence-corrected chi connectivity index (χ3v) is 5.90. The van der Waals surface area contributed by atoms with Crippen molar-refractivity contribution in [1.82, 2.24) is 20.5 Å². The number of nitrogens with zero attached hydrogens (tertiary/aromatic N) is 2. The number of nitrogens with one attached hydrogen (secondary N) is 2. The lowest BCUT2D eigenvalue weighted by Crippen LogP contribution is -2.41. The van der Waals surface area contributed by atoms with E-state index in [4.69, 9.17) is 4.74 Å². The van der Waals surface area contributed by atoms with Crippen LogP contribution in [0.25, 0.3) is 10.6 Å². The lowest BCUT2D eigenvalue weighted by atomic mass is 10.1. The van der Waals surface area contributed by atoms with Crippen LogP contribution in [0.4, 0.5) is 0 Å². The molecule has 4 rings (SSSR count). The summed E-state index contributed by atoms with van der Waals surface area (Å²) in [6.07, 6.45) is 3.75. The predicted octanol–water partition coefficient (Wildman–Crippen LogP) is 1.76. The molecular weight excluding hydrogens is 376 g/mol. The number of rotatable bonds is 7. The van der Waals surface area contributed by atoms with Gasteiger partial charge in [0.2, 0.25) is 0 Å². The molecule has 2 heterocycles. The average molecular weight is 401 g/mol. The minimum absolute atomic E-state index is 0.0338. The second-order valence-electron chi connectivity index (χ2n) is 7.06. The Morgan fingerprint density at radius 1 is 1.14 bits per heavy atom. The molecule has 2 aromatic rings. The van der Waals surface area contributed by atoms with Crippen LogP contribution in [0.15, 0.2) is 30.5 Å². The Morgan fingerprint density at radius 3 is 2.61 bits per heavy atom. The van der Waals surface area contributed by atoms with Crippen LogP contribution in [-0.2, 0) is 4.74 Å². The molecule has 1 saturated heterocycles. The molecule has 2 aliphatic rings. The molecule has 2 N–H and O–H groups in total. The molecule has 8 heteroatoms. The first-order valence-corrected chi connectivity index (χ1v) is 10.5. The number of carbonyl (C=O) groups excluding carboxylic acids is 2. The van der Waals surface area contributed by atoms with E-state index in [0.29, 0.717) is 23.0 Å². The smallest absolute Gasteiger partial charge is 0.263 e. The molecule has 1 aromatic carbocycles. The summed E-state index contributed by atoms with van der Waals surface area (Å²) in [4.78, 5) is 31.6. The van der Waals surface area contributed by atoms with Crippen molar-refractivity contribution >= 4 is 23.2 Å². The molecule has 0 spiro atoms. The molecule has 0 bridgehead atoms. The van der Waals surface area contributed by atoms with Gasteiger partial charge in [-0.25, -0.2) is 4.98 Å². The fourth-order valence-electron chi connectivity index (χ4n) is 3.01. The van der Waals surface area contributed by atoms with Crippen LogP contribution in [0.1, 0.15) is 32.9 Å². The van der Waals surface area contributed by atoms with Gasteiger partial charge in [0.15, 0.2) is 0 Å². The van der Waals surface area contributed by atoms with Gasteiger partial charge in [-0.1, -0.05) is 12.1 Å². The van der Waals surface area contributed by atoms with Crippen molar-refractivity contribution < 1.29 is 14.3 Å². The standard InChI is InChI=1S/C20H24N4O3S/c25-18(23-16-5-6-16)14-1-3-15(4-2-14)20-22-13-17(28-20)19(26)21-7-8-24-9-11-27-12-10-24/h1-4,13,16H,5-12H2,(H,21,26)(H,23,25). The zero-order chi connectivity index (χ0) is 19.3. The average Bonchev–Trinajstić information content (AvgIpc) is 3.40. The molecule has 1 saturated carbocycles. The van der Waals surface area contributed by atoms with Crippen LogP contribution < -0.4 is 10.6 Å². The molecule has 0 unspecified atom stereocenters. The van der Waals surface area contributed by atoms with E-state index in [9.17, 15) is 9.59 Å². The molecule has 2 amide bonds. The van der Waals surface area contributed by atoms with E-state index in [-0.39, 0.29) is 11.8 Å². The summed E-state index contributed by atoms with van der Waals surface area (Å²) in [5, 5.41) is 6.70. The summed E-state index contributed by atoms with van der Waals surface area (Å²) < 4.78 is 5.32. The minimum atomic E-state index is -0.0996. The van der Waals surface area contributed by atoms with Gasteiger partial charge in [0.1, 0.15) is 9.88 Å². The number of ether oxygens (including phenoxy) is 1. The quantitative estimate of drug-likeness (QED) is 0.740. The summed E-state index contributed by atoms with van der Waals surface area (Å²) in [5.74, 6) is -0.133. The Kier molecular flexibility index (Phi) is 5.99. The predicted molar refractivity (Wildman–Crippen MR) is 108 cm³/mol. The summed E-state index contributed by atoms with van der Waals surface area (Å²) in [6, 6.07) is 7.70. The minimum Gasteiger partial charge on any atom is -0.379 e. The number of hydrogen-bond donors (Lipinski definition) is 2. The molecule has 1 aliphatic carbocycles. The second kappa shape index (κ2) is 8.81. The number of hydrogen-bond acceptors (Lipinski definition) is 6. The van der Waals surface area contributed by atoms with Gasteiger partial charge in [0.25, 0.3) is 11.8 Å². The fourth-order valence-corrected chi connectivity index (χ4v) is 3.85. The van der Waals surface area contributed by atoms with Crippen molar-refractivity contribution in [1.29, 1.82) is 0 Å². The molecule has 28 heavy (non-hydrogen) atoms. The number of carbonyl (C=O) groups is 2. The molecule has 7 nitrogen and oxygen atoms in total. The van der Waals surface area contributed by atoms with Gasteiger partial charge in [-0.3, -0.25) is 14.5 Å². The zero-order valence-electron chi connectivity index (χ0n) is 15.6. The fraction of sp³-hybridized carbons (Fsp3) is 0.450. The topological polar surface area (TPSA) is 83.6 Å². The Morgan fingerprint density at radius 2 is 1.89 bits per heavy atom. The Balaban J connectivity index is 1.30. The number of thiazole rings is 1. The van der Waals surface area contributed by atoms with Gasteiger partial charge < -0.3 is 15.4 Å². The van der Waals surface area contributed by atoms with Crippen molar-refractivity contribution in [3.63, 3.8) is 0 Å². The van der Waals surface area contributed by atoms with Crippen LogP contribution in [0.2, 0.25) is 0 Å². The highest BCUT2D eigenvalue weighted by atomic mass is 32.1. The van der Waals surface area contributed by atoms with E-state index in [1.165, 1.54) is 11.3 Å². The maximum atomic E-state index is 12.3. The Labute approximate surface area is 168 Å². The highest BCUT2D eigenvalue weighted by Crippen LogP contribution is 2.26. The maximum absolute atomic E-state index is 12.3. The lowest BCUT2D eigenvalue weighted by Gasteiger charge is -2.26. The first-order valence-electron chi connectivity index (χ1n) is 9.64.